The van der Waals surface area contributed by atoms with Crippen molar-refractivity contribution in [3.8, 4) is 0 Å². The number of hydrogen-bond donors (Lipinski definition) is 1. The Balaban J connectivity index is 1.96. The van der Waals surface area contributed by atoms with Crippen LogP contribution in [0.5, 0.6) is 0 Å². The van der Waals surface area contributed by atoms with Crippen LogP contribution in [0.25, 0.3) is 0 Å². The van der Waals surface area contributed by atoms with Crippen LogP contribution in [-0.4, -0.2) is 16.7 Å². The van der Waals surface area contributed by atoms with Gasteiger partial charge in [0, 0.05) is 16.1 Å². The number of ketones is 1. The van der Waals surface area contributed by atoms with Crippen LogP contribution in [0.15, 0.2) is 59.2 Å². The van der Waals surface area contributed by atoms with Gasteiger partial charge in [-0.05, 0) is 42.5 Å². The zero-order chi connectivity index (χ0) is 15.2. The van der Waals surface area contributed by atoms with E-state index in [2.05, 4.69) is 26.2 Å². The molecule has 0 spiro atoms. The van der Waals surface area contributed by atoms with Gasteiger partial charge in [-0.15, -0.1) is 0 Å². The second-order valence-corrected chi connectivity index (χ2v) is 4.97. The van der Waals surface area contributed by atoms with Crippen LogP contribution >= 0.6 is 15.9 Å². The van der Waals surface area contributed by atoms with Crippen molar-refractivity contribution >= 4 is 33.4 Å². The van der Waals surface area contributed by atoms with E-state index in [4.69, 9.17) is 0 Å². The lowest BCUT2D eigenvalue weighted by molar-refractivity contribution is -0.111. The van der Waals surface area contributed by atoms with Gasteiger partial charge in [0.25, 0.3) is 0 Å². The molecule has 4 nitrogen and oxygen atoms in total. The number of allylic oxidation sites excluding steroid dienone is 1. The molecule has 0 aliphatic carbocycles. The summed E-state index contributed by atoms with van der Waals surface area (Å²) in [5.41, 5.74) is 0.474. The molecule has 1 aromatic heterocycles. The number of aromatic nitrogens is 1. The van der Waals surface area contributed by atoms with Crippen LogP contribution < -0.4 is 5.32 Å². The highest BCUT2D eigenvalue weighted by Gasteiger charge is 2.03. The summed E-state index contributed by atoms with van der Waals surface area (Å²) < 4.78 is 13.5. The Hall–Kier alpha value is -2.34. The van der Waals surface area contributed by atoms with Crippen molar-refractivity contribution in [2.75, 3.05) is 5.32 Å². The molecule has 1 aromatic carbocycles. The minimum Gasteiger partial charge on any atom is -0.307 e. The lowest BCUT2D eigenvalue weighted by atomic mass is 10.1. The Morgan fingerprint density at radius 3 is 2.43 bits per heavy atom. The molecule has 0 saturated carbocycles. The molecule has 0 unspecified atom stereocenters. The first-order valence-corrected chi connectivity index (χ1v) is 6.74. The molecule has 21 heavy (non-hydrogen) atoms. The summed E-state index contributed by atoms with van der Waals surface area (Å²) in [6.45, 7) is 0. The molecule has 0 aliphatic heterocycles. The summed E-state index contributed by atoms with van der Waals surface area (Å²) in [4.78, 5) is 27.1. The monoisotopic (exact) mass is 348 g/mol. The third kappa shape index (κ3) is 4.61. The summed E-state index contributed by atoms with van der Waals surface area (Å²) in [5, 5.41) is 2.42. The van der Waals surface area contributed by atoms with E-state index in [0.717, 1.165) is 16.7 Å². The fourth-order valence-corrected chi connectivity index (χ4v) is 1.74. The molecule has 2 rings (SSSR count). The van der Waals surface area contributed by atoms with Gasteiger partial charge in [-0.25, -0.2) is 9.37 Å². The topological polar surface area (TPSA) is 59.1 Å². The minimum atomic E-state index is -0.514. The van der Waals surface area contributed by atoms with Gasteiger partial charge in [0.05, 0.1) is 6.20 Å². The third-order valence-electron chi connectivity index (χ3n) is 2.49. The Kier molecular flexibility index (Phi) is 4.94. The molecule has 106 valence electrons. The van der Waals surface area contributed by atoms with Crippen LogP contribution in [0.3, 0.4) is 0 Å². The first-order chi connectivity index (χ1) is 10.0. The van der Waals surface area contributed by atoms with Gasteiger partial charge in [-0.1, -0.05) is 15.9 Å². The van der Waals surface area contributed by atoms with Gasteiger partial charge >= 0.3 is 0 Å². The Labute approximate surface area is 128 Å². The number of anilines is 1. The van der Waals surface area contributed by atoms with Gasteiger partial charge in [0.15, 0.2) is 5.78 Å². The average molecular weight is 349 g/mol. The fraction of sp³-hybridized carbons (Fsp3) is 0. The van der Waals surface area contributed by atoms with E-state index >= 15 is 0 Å². The summed E-state index contributed by atoms with van der Waals surface area (Å²) in [7, 11) is 0. The highest BCUT2D eigenvalue weighted by Crippen LogP contribution is 2.11. The summed E-state index contributed by atoms with van der Waals surface area (Å²) >= 11 is 3.27. The molecule has 6 heteroatoms. The van der Waals surface area contributed by atoms with Crippen molar-refractivity contribution in [2.24, 2.45) is 0 Å². The molecular formula is C15H10BrFN2O2. The molecule has 0 radical (unpaired) electrons. The second-order valence-electron chi connectivity index (χ2n) is 4.06. The Morgan fingerprint density at radius 1 is 1.10 bits per heavy atom. The van der Waals surface area contributed by atoms with Gasteiger partial charge < -0.3 is 5.32 Å². The number of carbonyl (C=O) groups excluding carboxylic acids is 2. The van der Waals surface area contributed by atoms with E-state index in [1.807, 2.05) is 0 Å². The van der Waals surface area contributed by atoms with Crippen LogP contribution in [-0.2, 0) is 4.79 Å². The van der Waals surface area contributed by atoms with Crippen molar-refractivity contribution in [2.45, 2.75) is 0 Å². The van der Waals surface area contributed by atoms with E-state index in [0.29, 0.717) is 5.56 Å². The van der Waals surface area contributed by atoms with Gasteiger partial charge in [0.2, 0.25) is 5.91 Å². The number of nitrogens with zero attached hydrogens (tertiary/aromatic N) is 1. The first-order valence-electron chi connectivity index (χ1n) is 5.95. The Bertz CT molecular complexity index is 682. The van der Waals surface area contributed by atoms with Crippen LogP contribution in [0, 0.1) is 5.82 Å². The number of pyridine rings is 1. The zero-order valence-corrected chi connectivity index (χ0v) is 12.3. The van der Waals surface area contributed by atoms with Crippen molar-refractivity contribution in [1.29, 1.82) is 0 Å². The molecule has 0 atom stereocenters. The maximum Gasteiger partial charge on any atom is 0.249 e. The van der Waals surface area contributed by atoms with E-state index in [1.54, 1.807) is 24.3 Å². The van der Waals surface area contributed by atoms with Gasteiger partial charge in [-0.2, -0.15) is 0 Å². The molecule has 0 saturated heterocycles. The maximum atomic E-state index is 12.7. The van der Waals surface area contributed by atoms with Crippen molar-refractivity contribution in [3.05, 3.63) is 70.6 Å². The molecule has 0 aliphatic rings. The molecule has 1 heterocycles. The first kappa shape index (κ1) is 15.1. The molecule has 1 amide bonds. The smallest absolute Gasteiger partial charge is 0.249 e. The lowest BCUT2D eigenvalue weighted by Gasteiger charge is -2.00. The fourth-order valence-electron chi connectivity index (χ4n) is 1.48. The lowest BCUT2D eigenvalue weighted by Crippen LogP contribution is -2.10. The summed E-state index contributed by atoms with van der Waals surface area (Å²) in [6, 6.07) is 9.29. The summed E-state index contributed by atoms with van der Waals surface area (Å²) in [6.07, 6.45) is 3.27. The molecule has 0 bridgehead atoms. The summed E-state index contributed by atoms with van der Waals surface area (Å²) in [5.74, 6) is -1.08. The zero-order valence-electron chi connectivity index (χ0n) is 10.7. The van der Waals surface area contributed by atoms with Gasteiger partial charge in [0.1, 0.15) is 11.6 Å². The van der Waals surface area contributed by atoms with Gasteiger partial charge in [-0.3, -0.25) is 9.59 Å². The molecular weight excluding hydrogens is 339 g/mol. The van der Waals surface area contributed by atoms with Crippen LogP contribution in [0.2, 0.25) is 0 Å². The van der Waals surface area contributed by atoms with E-state index in [9.17, 15) is 14.0 Å². The third-order valence-corrected chi connectivity index (χ3v) is 3.02. The highest BCUT2D eigenvalue weighted by molar-refractivity contribution is 9.10. The van der Waals surface area contributed by atoms with Crippen molar-refractivity contribution in [1.82, 2.24) is 4.98 Å². The van der Waals surface area contributed by atoms with Crippen molar-refractivity contribution in [3.63, 3.8) is 0 Å². The molecule has 1 N–H and O–H groups in total. The number of carbonyl (C=O) groups is 2. The van der Waals surface area contributed by atoms with E-state index in [-0.39, 0.29) is 11.6 Å². The number of hydrogen-bond acceptors (Lipinski definition) is 3. The normalized spacial score (nSPS) is 10.6. The highest BCUT2D eigenvalue weighted by atomic mass is 79.9. The van der Waals surface area contributed by atoms with E-state index in [1.165, 1.54) is 18.2 Å². The number of rotatable bonds is 4. The number of nitrogens with one attached hydrogen (secondary N) is 1. The average Bonchev–Trinajstić information content (AvgIpc) is 2.48. The van der Waals surface area contributed by atoms with Crippen LogP contribution in [0.1, 0.15) is 10.4 Å². The predicted octanol–water partition coefficient (Wildman–Crippen LogP) is 3.36. The number of halogens is 2. The largest absolute Gasteiger partial charge is 0.307 e. The standard InChI is InChI=1S/C15H10BrFN2O2/c16-11-3-1-10(2-4-11)13(20)6-8-15(21)19-14-7-5-12(17)9-18-14/h1-9H,(H,18,19,21)/b8-6+. The molecule has 0 fully saturated rings. The quantitative estimate of drug-likeness (QED) is 0.680. The maximum absolute atomic E-state index is 12.7. The molecule has 2 aromatic rings. The van der Waals surface area contributed by atoms with E-state index < -0.39 is 11.7 Å². The number of benzene rings is 1. The van der Waals surface area contributed by atoms with Crippen LogP contribution in [0.4, 0.5) is 10.2 Å². The Morgan fingerprint density at radius 2 is 1.81 bits per heavy atom. The number of amides is 1. The predicted molar refractivity (Wildman–Crippen MR) is 80.4 cm³/mol. The second kappa shape index (κ2) is 6.90. The SMILES string of the molecule is O=C(/C=C/C(=O)c1ccc(Br)cc1)Nc1ccc(F)cn1. The minimum absolute atomic E-state index is 0.210. The van der Waals surface area contributed by atoms with Crippen molar-refractivity contribution < 1.29 is 14.0 Å².